The maximum Gasteiger partial charge on any atom is 0.286 e. The van der Waals surface area contributed by atoms with Crippen molar-refractivity contribution < 1.29 is 13.2 Å². The Kier molecular flexibility index (Phi) is 4.71. The zero-order chi connectivity index (χ0) is 19.9. The van der Waals surface area contributed by atoms with E-state index in [2.05, 4.69) is 28.5 Å². The van der Waals surface area contributed by atoms with Gasteiger partial charge in [0.15, 0.2) is 5.78 Å². The number of nitrogens with zero attached hydrogens (tertiary/aromatic N) is 2. The lowest BCUT2D eigenvalue weighted by molar-refractivity contribution is 0.0950. The van der Waals surface area contributed by atoms with Crippen LogP contribution in [0.4, 0.5) is 11.4 Å². The van der Waals surface area contributed by atoms with Crippen LogP contribution in [-0.2, 0) is 10.0 Å². The predicted octanol–water partition coefficient (Wildman–Crippen LogP) is 3.56. The lowest BCUT2D eigenvalue weighted by Crippen LogP contribution is -2.46. The maximum absolute atomic E-state index is 13.2. The summed E-state index contributed by atoms with van der Waals surface area (Å²) in [7, 11) is -3.83. The molecule has 2 heterocycles. The van der Waals surface area contributed by atoms with Gasteiger partial charge in [0.2, 0.25) is 0 Å². The molecule has 28 heavy (non-hydrogen) atoms. The molecule has 1 unspecified atom stereocenters. The van der Waals surface area contributed by atoms with Crippen molar-refractivity contribution in [3.63, 3.8) is 0 Å². The highest BCUT2D eigenvalue weighted by atomic mass is 32.2. The van der Waals surface area contributed by atoms with Gasteiger partial charge < -0.3 is 10.2 Å². The molecule has 0 radical (unpaired) electrons. The summed E-state index contributed by atoms with van der Waals surface area (Å²) in [5, 5.41) is 3.09. The van der Waals surface area contributed by atoms with E-state index in [1.165, 1.54) is 6.07 Å². The number of benzene rings is 2. The third kappa shape index (κ3) is 3.30. The van der Waals surface area contributed by atoms with Crippen molar-refractivity contribution >= 4 is 33.0 Å². The van der Waals surface area contributed by atoms with Gasteiger partial charge in [0.25, 0.3) is 10.0 Å². The lowest BCUT2D eigenvalue weighted by atomic mass is 9.89. The Balaban J connectivity index is 1.73. The smallest absolute Gasteiger partial charge is 0.286 e. The number of ketones is 1. The van der Waals surface area contributed by atoms with Crippen molar-refractivity contribution in [3.05, 3.63) is 54.1 Å². The summed E-state index contributed by atoms with van der Waals surface area (Å²) in [6, 6.07) is 14.1. The van der Waals surface area contributed by atoms with Crippen LogP contribution in [0, 0.1) is 11.8 Å². The third-order valence-corrected chi connectivity index (χ3v) is 6.53. The summed E-state index contributed by atoms with van der Waals surface area (Å²) in [6.45, 7) is 5.53. The quantitative estimate of drug-likeness (QED) is 0.853. The van der Waals surface area contributed by atoms with Crippen LogP contribution in [0.25, 0.3) is 0 Å². The van der Waals surface area contributed by atoms with E-state index >= 15 is 0 Å². The van der Waals surface area contributed by atoms with Gasteiger partial charge in [-0.05, 0) is 36.6 Å². The first-order chi connectivity index (χ1) is 13.4. The van der Waals surface area contributed by atoms with Crippen LogP contribution in [0.3, 0.4) is 0 Å². The normalized spacial score (nSPS) is 20.2. The maximum atomic E-state index is 13.2. The first-order valence-electron chi connectivity index (χ1n) is 9.46. The molecule has 0 saturated heterocycles. The van der Waals surface area contributed by atoms with Gasteiger partial charge in [-0.25, -0.2) is 0 Å². The van der Waals surface area contributed by atoms with Crippen LogP contribution in [0.1, 0.15) is 30.6 Å². The number of Topliss-reactive ketones (excluding diaryl/α,β-unsaturated/α-hetero) is 1. The fraction of sp³-hybridized carbons (Fsp3) is 0.333. The number of carbonyl (C=O) groups excluding carboxylic acids is 1. The number of sulfonamides is 1. The van der Waals surface area contributed by atoms with Crippen LogP contribution >= 0.6 is 0 Å². The second-order valence-corrected chi connectivity index (χ2v) is 9.21. The summed E-state index contributed by atoms with van der Waals surface area (Å²) < 4.78 is 29.2. The molecule has 6 nitrogen and oxygen atoms in total. The van der Waals surface area contributed by atoms with Gasteiger partial charge in [0, 0.05) is 24.3 Å². The summed E-state index contributed by atoms with van der Waals surface area (Å²) in [5.74, 6) is -0.0178. The Bertz CT molecular complexity index is 1060. The zero-order valence-corrected chi connectivity index (χ0v) is 16.7. The molecule has 0 amide bonds. The minimum atomic E-state index is -3.83. The average Bonchev–Trinajstić information content (AvgIpc) is 2.67. The number of nitrogens with one attached hydrogen (secondary N) is 1. The van der Waals surface area contributed by atoms with E-state index in [1.54, 1.807) is 24.3 Å². The first kappa shape index (κ1) is 18.7. The highest BCUT2D eigenvalue weighted by molar-refractivity contribution is 7.90. The molecule has 0 spiro atoms. The molecule has 0 aromatic heterocycles. The molecule has 0 bridgehead atoms. The molecule has 0 saturated carbocycles. The Morgan fingerprint density at radius 2 is 1.86 bits per heavy atom. The van der Waals surface area contributed by atoms with Crippen molar-refractivity contribution in [2.75, 3.05) is 23.3 Å². The highest BCUT2D eigenvalue weighted by Crippen LogP contribution is 2.34. The standard InChI is InChI=1S/C21H23N3O3S/c1-14(2)11-12-24-13-16(20(25)15-7-3-5-9-18(15)24)21-22-17-8-4-6-10-19(17)28(26,27)23-21/h3-10,14,16H,11-13H2,1-2H3,(H,22,23). The number of carbonyl (C=O) groups is 1. The average molecular weight is 398 g/mol. The number of amidine groups is 1. The van der Waals surface area contributed by atoms with Crippen LogP contribution in [0.15, 0.2) is 57.8 Å². The number of hydrogen-bond acceptors (Lipinski definition) is 5. The van der Waals surface area contributed by atoms with Crippen molar-refractivity contribution in [1.82, 2.24) is 0 Å². The Hall–Kier alpha value is -2.67. The van der Waals surface area contributed by atoms with E-state index < -0.39 is 15.9 Å². The predicted molar refractivity (Wildman–Crippen MR) is 111 cm³/mol. The molecule has 2 aromatic rings. The van der Waals surface area contributed by atoms with E-state index in [0.717, 1.165) is 18.7 Å². The lowest BCUT2D eigenvalue weighted by Gasteiger charge is -2.36. The van der Waals surface area contributed by atoms with Gasteiger partial charge >= 0.3 is 0 Å². The van der Waals surface area contributed by atoms with Crippen LogP contribution in [0.5, 0.6) is 0 Å². The minimum Gasteiger partial charge on any atom is -0.370 e. The van der Waals surface area contributed by atoms with E-state index in [9.17, 15) is 13.2 Å². The number of hydrogen-bond donors (Lipinski definition) is 1. The molecule has 7 heteroatoms. The molecule has 0 fully saturated rings. The molecule has 0 aliphatic carbocycles. The number of rotatable bonds is 4. The van der Waals surface area contributed by atoms with Crippen molar-refractivity contribution in [2.24, 2.45) is 16.2 Å². The molecule has 4 rings (SSSR count). The first-order valence-corrected chi connectivity index (χ1v) is 10.9. The molecule has 2 aliphatic rings. The molecule has 146 valence electrons. The van der Waals surface area contributed by atoms with Gasteiger partial charge in [0.05, 0.1) is 11.6 Å². The summed E-state index contributed by atoms with van der Waals surface area (Å²) >= 11 is 0. The van der Waals surface area contributed by atoms with Gasteiger partial charge in [-0.1, -0.05) is 38.1 Å². The fourth-order valence-corrected chi connectivity index (χ4v) is 4.85. The van der Waals surface area contributed by atoms with Crippen LogP contribution in [-0.4, -0.2) is 33.1 Å². The SMILES string of the molecule is CC(C)CCN1CC(C2=NS(=O)(=O)c3ccccc3N2)C(=O)c2ccccc21. The molecule has 2 aliphatic heterocycles. The molecule has 2 aromatic carbocycles. The topological polar surface area (TPSA) is 78.8 Å². The second kappa shape index (κ2) is 7.05. The van der Waals surface area contributed by atoms with Crippen molar-refractivity contribution in [3.8, 4) is 0 Å². The van der Waals surface area contributed by atoms with Crippen LogP contribution in [0.2, 0.25) is 0 Å². The summed E-state index contributed by atoms with van der Waals surface area (Å²) in [6.07, 6.45) is 0.982. The van der Waals surface area contributed by atoms with Gasteiger partial charge in [-0.15, -0.1) is 4.40 Å². The van der Waals surface area contributed by atoms with E-state index in [4.69, 9.17) is 0 Å². The van der Waals surface area contributed by atoms with E-state index in [-0.39, 0.29) is 16.5 Å². The molecule has 1 N–H and O–H groups in total. The number of para-hydroxylation sites is 2. The third-order valence-electron chi connectivity index (χ3n) is 5.18. The van der Waals surface area contributed by atoms with E-state index in [1.807, 2.05) is 18.2 Å². The molecular weight excluding hydrogens is 374 g/mol. The van der Waals surface area contributed by atoms with Gasteiger partial charge in [-0.3, -0.25) is 4.79 Å². The van der Waals surface area contributed by atoms with Gasteiger partial charge in [0.1, 0.15) is 10.7 Å². The van der Waals surface area contributed by atoms with Crippen molar-refractivity contribution in [1.29, 1.82) is 0 Å². The minimum absolute atomic E-state index is 0.0998. The molecule has 1 atom stereocenters. The largest absolute Gasteiger partial charge is 0.370 e. The number of fused-ring (bicyclic) bond motifs is 2. The second-order valence-electron chi connectivity index (χ2n) is 7.64. The summed E-state index contributed by atoms with van der Waals surface area (Å²) in [4.78, 5) is 15.5. The zero-order valence-electron chi connectivity index (χ0n) is 15.9. The monoisotopic (exact) mass is 397 g/mol. The highest BCUT2D eigenvalue weighted by Gasteiger charge is 2.38. The Morgan fingerprint density at radius 3 is 2.64 bits per heavy atom. The van der Waals surface area contributed by atoms with E-state index in [0.29, 0.717) is 23.7 Å². The fourth-order valence-electron chi connectivity index (χ4n) is 3.67. The Morgan fingerprint density at radius 1 is 1.14 bits per heavy atom. The number of anilines is 2. The Labute approximate surface area is 165 Å². The summed E-state index contributed by atoms with van der Waals surface area (Å²) in [5.41, 5.74) is 1.99. The van der Waals surface area contributed by atoms with Crippen molar-refractivity contribution in [2.45, 2.75) is 25.2 Å². The van der Waals surface area contributed by atoms with Gasteiger partial charge in [-0.2, -0.15) is 8.42 Å². The van der Waals surface area contributed by atoms with Crippen LogP contribution < -0.4 is 10.2 Å². The molecular formula is C21H23N3O3S.